The van der Waals surface area contributed by atoms with Crippen molar-refractivity contribution in [2.45, 2.75) is 139 Å². The van der Waals surface area contributed by atoms with E-state index < -0.39 is 0 Å². The van der Waals surface area contributed by atoms with Crippen molar-refractivity contribution in [3.05, 3.63) is 199 Å². The van der Waals surface area contributed by atoms with Gasteiger partial charge in [-0.2, -0.15) is 0 Å². The summed E-state index contributed by atoms with van der Waals surface area (Å²) in [4.78, 5) is 4.97. The van der Waals surface area contributed by atoms with E-state index in [9.17, 15) is 5.11 Å². The zero-order valence-electron chi connectivity index (χ0n) is 43.7. The molecular weight excluding hydrogens is 982 g/mol. The molecule has 5 rings (SSSR count). The Morgan fingerprint density at radius 1 is 0.788 bits per heavy atom. The molecule has 0 fully saturated rings. The van der Waals surface area contributed by atoms with E-state index in [-0.39, 0.29) is 44.7 Å². The number of aromatic hydroxyl groups is 1. The van der Waals surface area contributed by atoms with Gasteiger partial charge in [-0.25, -0.2) is 0 Å². The Morgan fingerprint density at radius 2 is 1.35 bits per heavy atom. The molecule has 0 bridgehead atoms. The smallest absolute Gasteiger partial charge is 0.507 e. The average Bonchev–Trinajstić information content (AvgIpc) is 3.24. The van der Waals surface area contributed by atoms with Crippen LogP contribution in [-0.2, 0) is 43.7 Å². The molecule has 0 aliphatic heterocycles. The molecule has 1 N–H and O–H groups in total. The summed E-state index contributed by atoms with van der Waals surface area (Å²) in [5.74, 6) is 0.480. The number of aryl methyl sites for hydroxylation is 2. The van der Waals surface area contributed by atoms with Gasteiger partial charge in [-0.15, -0.1) is 48.8 Å². The average molecular weight is 1070 g/mol. The van der Waals surface area contributed by atoms with Gasteiger partial charge in [0.15, 0.2) is 0 Å². The van der Waals surface area contributed by atoms with Crippen molar-refractivity contribution in [3.63, 3.8) is 0 Å². The van der Waals surface area contributed by atoms with Crippen LogP contribution in [0.4, 0.5) is 0 Å². The number of pyridine rings is 1. The van der Waals surface area contributed by atoms with Crippen LogP contribution in [-0.4, -0.2) is 10.1 Å². The molecule has 0 atom stereocenters. The summed E-state index contributed by atoms with van der Waals surface area (Å²) in [6, 6.07) is 21.2. The van der Waals surface area contributed by atoms with Crippen molar-refractivity contribution in [1.82, 2.24) is 4.98 Å². The van der Waals surface area contributed by atoms with Crippen LogP contribution in [0.5, 0.6) is 5.75 Å². The summed E-state index contributed by atoms with van der Waals surface area (Å²) in [6.07, 6.45) is 31.0. The van der Waals surface area contributed by atoms with Gasteiger partial charge in [0.05, 0.1) is 0 Å². The van der Waals surface area contributed by atoms with Crippen molar-refractivity contribution in [3.8, 4) is 41.0 Å². The first kappa shape index (κ1) is 62.9. The largest absolute Gasteiger partial charge is 2.00 e. The number of aromatic nitrogens is 1. The SMILES string of the molecule is C#C.C=C/C=C(\C=C)c1cc(-c2[c-]c(-c3cccc(C)c3C)cc(C(C)(C)C)c2)ncc1C1=CCCC=C1.C=CC.C=CC=C(C)C.CCc1cc(C(C)(C)C)cc(C(C)(C)C)c1O.[CH3-].[Pt+2]. The van der Waals surface area contributed by atoms with E-state index in [1.165, 1.54) is 39.0 Å². The zero-order chi connectivity index (χ0) is 49.0. The summed E-state index contributed by atoms with van der Waals surface area (Å²) in [7, 11) is 0. The van der Waals surface area contributed by atoms with E-state index in [2.05, 4.69) is 195 Å². The van der Waals surface area contributed by atoms with E-state index in [0.29, 0.717) is 5.75 Å². The van der Waals surface area contributed by atoms with Crippen LogP contribution < -0.4 is 0 Å². The maximum absolute atomic E-state index is 10.3. The molecule has 0 radical (unpaired) electrons. The number of phenols is 1. The number of hydrogen-bond acceptors (Lipinski definition) is 2. The van der Waals surface area contributed by atoms with Gasteiger partial charge in [-0.05, 0) is 104 Å². The Bertz CT molecular complexity index is 2350. The Kier molecular flexibility index (Phi) is 28.0. The molecule has 66 heavy (non-hydrogen) atoms. The van der Waals surface area contributed by atoms with Gasteiger partial charge in [0.2, 0.25) is 0 Å². The van der Waals surface area contributed by atoms with Gasteiger partial charge in [0, 0.05) is 17.5 Å². The summed E-state index contributed by atoms with van der Waals surface area (Å²) < 4.78 is 0. The third-order valence-corrected chi connectivity index (χ3v) is 10.6. The Balaban J connectivity index is 0. The van der Waals surface area contributed by atoms with Crippen LogP contribution >= 0.6 is 0 Å². The predicted octanol–water partition coefficient (Wildman–Crippen LogP) is 18.2. The van der Waals surface area contributed by atoms with E-state index in [1.54, 1.807) is 12.2 Å². The van der Waals surface area contributed by atoms with Crippen molar-refractivity contribution in [2.75, 3.05) is 0 Å². The fourth-order valence-electron chi connectivity index (χ4n) is 6.81. The van der Waals surface area contributed by atoms with Crippen molar-refractivity contribution in [1.29, 1.82) is 0 Å². The van der Waals surface area contributed by atoms with Crippen LogP contribution in [0.3, 0.4) is 0 Å². The first-order valence-electron chi connectivity index (χ1n) is 22.5. The standard InChI is InChI=1S/C35H36N.C16H26O.C6H10.C3H6.C2H2.CH3.Pt/c1-8-14-26(9-2)32-22-34(36-23-33(32)27-16-11-10-12-17-27)29-19-28(20-30(21-29)35(5,6)7)31-18-13-15-24(3)25(31)4;1-8-11-9-12(15(2,3)4)10-13(14(11)17)16(5,6)7;1-4-5-6(2)3;1-3-2;1-2;;/h8-9,11,13-18,20-23H,1-2,10,12H2,3-7H3;9-10,17H,8H2,1-7H3;4-5H,1H2,2-3H3;3H,1H2,2H3;1-2H;1H3;/q-1;;;;;-1;+2/b26-14+;;;;;;. The third kappa shape index (κ3) is 18.9. The predicted molar refractivity (Wildman–Crippen MR) is 294 cm³/mol. The van der Waals surface area contributed by atoms with Crippen LogP contribution in [0.15, 0.2) is 141 Å². The number of allylic oxidation sites excluding steroid dienone is 12. The third-order valence-electron chi connectivity index (χ3n) is 10.6. The van der Waals surface area contributed by atoms with Crippen LogP contribution in [0.1, 0.15) is 147 Å². The van der Waals surface area contributed by atoms with Crippen molar-refractivity contribution in [2.24, 2.45) is 0 Å². The van der Waals surface area contributed by atoms with E-state index in [0.717, 1.165) is 63.9 Å². The first-order valence-corrected chi connectivity index (χ1v) is 22.5. The molecule has 0 saturated heterocycles. The Hall–Kier alpha value is -5.22. The van der Waals surface area contributed by atoms with Gasteiger partial charge in [-0.1, -0.05) is 208 Å². The molecule has 1 heterocycles. The Labute approximate surface area is 419 Å². The van der Waals surface area contributed by atoms with Gasteiger partial charge in [-0.3, -0.25) is 4.98 Å². The molecule has 4 aromatic rings. The van der Waals surface area contributed by atoms with Gasteiger partial charge in [0.25, 0.3) is 0 Å². The second-order valence-corrected chi connectivity index (χ2v) is 19.3. The van der Waals surface area contributed by atoms with Crippen molar-refractivity contribution >= 4 is 11.1 Å². The molecule has 356 valence electrons. The van der Waals surface area contributed by atoms with Gasteiger partial charge in [0.1, 0.15) is 5.75 Å². The molecular formula is C63H83NOPt. The van der Waals surface area contributed by atoms with Crippen LogP contribution in [0.2, 0.25) is 0 Å². The molecule has 0 saturated carbocycles. The molecule has 3 aromatic carbocycles. The number of hydrogen-bond donors (Lipinski definition) is 1. The number of terminal acetylenes is 1. The minimum absolute atomic E-state index is 0. The summed E-state index contributed by atoms with van der Waals surface area (Å²) >= 11 is 0. The number of phenolic OH excluding ortho intramolecular Hbond substituents is 1. The fraction of sp³-hybridized carbons (Fsp3) is 0.333. The molecule has 0 spiro atoms. The first-order chi connectivity index (χ1) is 30.0. The van der Waals surface area contributed by atoms with Crippen LogP contribution in [0, 0.1) is 40.2 Å². The van der Waals surface area contributed by atoms with Crippen molar-refractivity contribution < 1.29 is 26.2 Å². The van der Waals surface area contributed by atoms with E-state index in [1.807, 2.05) is 51.3 Å². The molecule has 1 aliphatic carbocycles. The minimum atomic E-state index is -0.0186. The molecule has 0 amide bonds. The second-order valence-electron chi connectivity index (χ2n) is 19.3. The molecule has 3 heteroatoms. The maximum Gasteiger partial charge on any atom is 2.00 e. The normalized spacial score (nSPS) is 11.8. The second kappa shape index (κ2) is 29.4. The fourth-order valence-corrected chi connectivity index (χ4v) is 6.81. The molecule has 0 unspecified atom stereocenters. The van der Waals surface area contributed by atoms with Gasteiger partial charge >= 0.3 is 21.1 Å². The molecule has 1 aromatic heterocycles. The Morgan fingerprint density at radius 3 is 1.80 bits per heavy atom. The van der Waals surface area contributed by atoms with Crippen LogP contribution in [0.25, 0.3) is 33.5 Å². The number of rotatable bonds is 8. The number of nitrogens with zero attached hydrogens (tertiary/aromatic N) is 1. The maximum atomic E-state index is 10.3. The van der Waals surface area contributed by atoms with Gasteiger partial charge < -0.3 is 12.5 Å². The molecule has 2 nitrogen and oxygen atoms in total. The van der Waals surface area contributed by atoms with E-state index >= 15 is 0 Å². The summed E-state index contributed by atoms with van der Waals surface area (Å²) in [5.41, 5.74) is 17.3. The zero-order valence-corrected chi connectivity index (χ0v) is 46.0. The monoisotopic (exact) mass is 1060 g/mol. The van der Waals surface area contributed by atoms with E-state index in [4.69, 9.17) is 4.98 Å². The minimum Gasteiger partial charge on any atom is -0.507 e. The molecule has 1 aliphatic rings. The summed E-state index contributed by atoms with van der Waals surface area (Å²) in [5, 5.41) is 10.3. The summed E-state index contributed by atoms with van der Waals surface area (Å²) in [6.45, 7) is 47.2. The topological polar surface area (TPSA) is 33.1 Å². The number of benzene rings is 3. The quantitative estimate of drug-likeness (QED) is 0.0826.